The van der Waals surface area contributed by atoms with Crippen LogP contribution in [0.2, 0.25) is 0 Å². The Hall–Kier alpha value is -3.21. The second-order valence-electron chi connectivity index (χ2n) is 4.88. The van der Waals surface area contributed by atoms with E-state index in [1.165, 1.54) is 24.3 Å². The van der Waals surface area contributed by atoms with Crippen LogP contribution >= 0.6 is 0 Å². The molecule has 0 fully saturated rings. The van der Waals surface area contributed by atoms with Gasteiger partial charge in [0.1, 0.15) is 17.2 Å². The smallest absolute Gasteiger partial charge is 0.163 e. The Labute approximate surface area is 132 Å². The van der Waals surface area contributed by atoms with Crippen molar-refractivity contribution in [2.75, 3.05) is 0 Å². The number of hydrogen-bond donors (Lipinski definition) is 2. The Kier molecular flexibility index (Phi) is 4.01. The summed E-state index contributed by atoms with van der Waals surface area (Å²) >= 11 is 0. The van der Waals surface area contributed by atoms with E-state index >= 15 is 0 Å². The van der Waals surface area contributed by atoms with Crippen molar-refractivity contribution in [1.29, 1.82) is 0 Å². The number of nitrogens with zero attached hydrogens (tertiary/aromatic N) is 2. The second kappa shape index (κ2) is 6.27. The minimum atomic E-state index is -0.688. The van der Waals surface area contributed by atoms with Gasteiger partial charge in [-0.2, -0.15) is 0 Å². The Morgan fingerprint density at radius 2 is 1.48 bits per heavy atom. The number of phenolic OH excluding ortho intramolecular Hbond substituents is 2. The largest absolute Gasteiger partial charge is 0.506 e. The highest BCUT2D eigenvalue weighted by atomic mass is 19.1. The molecule has 0 radical (unpaired) electrons. The first-order chi connectivity index (χ1) is 11.1. The van der Waals surface area contributed by atoms with E-state index in [9.17, 15) is 14.6 Å². The van der Waals surface area contributed by atoms with E-state index < -0.39 is 5.82 Å². The molecule has 5 heteroatoms. The number of azo groups is 1. The summed E-state index contributed by atoms with van der Waals surface area (Å²) in [4.78, 5) is 0. The van der Waals surface area contributed by atoms with Gasteiger partial charge in [0.15, 0.2) is 11.5 Å². The normalized spacial score (nSPS) is 11.0. The molecule has 3 aromatic rings. The van der Waals surface area contributed by atoms with Gasteiger partial charge in [0.05, 0.1) is 0 Å². The van der Waals surface area contributed by atoms with Gasteiger partial charge in [0, 0.05) is 0 Å². The van der Waals surface area contributed by atoms with Crippen molar-refractivity contribution in [1.82, 2.24) is 0 Å². The lowest BCUT2D eigenvalue weighted by Gasteiger charge is -2.04. The van der Waals surface area contributed by atoms with E-state index in [0.717, 1.165) is 11.1 Å². The fraction of sp³-hybridized carbons (Fsp3) is 0. The second-order valence-corrected chi connectivity index (χ2v) is 4.88. The first-order valence-corrected chi connectivity index (χ1v) is 6.93. The van der Waals surface area contributed by atoms with Crippen LogP contribution in [-0.2, 0) is 0 Å². The summed E-state index contributed by atoms with van der Waals surface area (Å²) in [5.74, 6) is -1.08. The van der Waals surface area contributed by atoms with Gasteiger partial charge in [-0.15, -0.1) is 10.2 Å². The Morgan fingerprint density at radius 3 is 2.22 bits per heavy atom. The molecule has 0 amide bonds. The van der Waals surface area contributed by atoms with Crippen molar-refractivity contribution in [3.8, 4) is 22.6 Å². The molecule has 0 saturated heterocycles. The zero-order valence-electron chi connectivity index (χ0n) is 12.0. The predicted molar refractivity (Wildman–Crippen MR) is 85.8 cm³/mol. The van der Waals surface area contributed by atoms with E-state index in [1.807, 2.05) is 30.3 Å². The quantitative estimate of drug-likeness (QED) is 0.643. The van der Waals surface area contributed by atoms with Gasteiger partial charge in [-0.1, -0.05) is 42.5 Å². The summed E-state index contributed by atoms with van der Waals surface area (Å²) in [5.41, 5.74) is 1.72. The van der Waals surface area contributed by atoms with E-state index in [-0.39, 0.29) is 22.9 Å². The van der Waals surface area contributed by atoms with E-state index in [2.05, 4.69) is 10.2 Å². The summed E-state index contributed by atoms with van der Waals surface area (Å²) in [6, 6.07) is 18.3. The third-order valence-corrected chi connectivity index (χ3v) is 3.31. The molecule has 4 nitrogen and oxygen atoms in total. The van der Waals surface area contributed by atoms with Crippen LogP contribution in [0.4, 0.5) is 15.8 Å². The first-order valence-electron chi connectivity index (χ1n) is 6.93. The summed E-state index contributed by atoms with van der Waals surface area (Å²) in [6.07, 6.45) is 0. The molecule has 0 spiro atoms. The molecule has 114 valence electrons. The molecule has 0 bridgehead atoms. The molecule has 0 aliphatic carbocycles. The molecule has 0 heterocycles. The Balaban J connectivity index is 1.99. The number of hydrogen-bond acceptors (Lipinski definition) is 4. The minimum Gasteiger partial charge on any atom is -0.506 e. The SMILES string of the molecule is Oc1ccc(-c2ccccc2)cc1N=Nc1c(O)cccc1F. The monoisotopic (exact) mass is 308 g/mol. The maximum atomic E-state index is 13.6. The standard InChI is InChI=1S/C18H13FN2O2/c19-14-7-4-8-17(23)18(14)21-20-15-11-13(9-10-16(15)22)12-5-2-1-3-6-12/h1-11,22-23H. The average molecular weight is 308 g/mol. The lowest BCUT2D eigenvalue weighted by atomic mass is 10.1. The van der Waals surface area contributed by atoms with Crippen molar-refractivity contribution in [3.05, 3.63) is 72.5 Å². The summed E-state index contributed by atoms with van der Waals surface area (Å²) in [5, 5.41) is 27.1. The maximum Gasteiger partial charge on any atom is 0.163 e. The summed E-state index contributed by atoms with van der Waals surface area (Å²) < 4.78 is 13.6. The van der Waals surface area contributed by atoms with Crippen LogP contribution in [0.25, 0.3) is 11.1 Å². The van der Waals surface area contributed by atoms with Crippen LogP contribution in [0.15, 0.2) is 77.0 Å². The lowest BCUT2D eigenvalue weighted by molar-refractivity contribution is 0.469. The van der Waals surface area contributed by atoms with Crippen molar-refractivity contribution in [2.45, 2.75) is 0 Å². The third-order valence-electron chi connectivity index (χ3n) is 3.31. The molecule has 0 unspecified atom stereocenters. The number of phenols is 2. The molecule has 0 saturated carbocycles. The zero-order chi connectivity index (χ0) is 16.2. The molecular formula is C18H13FN2O2. The molecule has 3 rings (SSSR count). The topological polar surface area (TPSA) is 65.2 Å². The average Bonchev–Trinajstić information content (AvgIpc) is 2.57. The van der Waals surface area contributed by atoms with E-state index in [4.69, 9.17) is 0 Å². The Morgan fingerprint density at radius 1 is 0.696 bits per heavy atom. The molecule has 3 aromatic carbocycles. The number of benzene rings is 3. The van der Waals surface area contributed by atoms with Crippen LogP contribution < -0.4 is 0 Å². The van der Waals surface area contributed by atoms with Crippen LogP contribution in [0.5, 0.6) is 11.5 Å². The van der Waals surface area contributed by atoms with Crippen molar-refractivity contribution in [2.24, 2.45) is 10.2 Å². The molecule has 0 aliphatic heterocycles. The number of rotatable bonds is 3. The molecule has 2 N–H and O–H groups in total. The van der Waals surface area contributed by atoms with Gasteiger partial charge in [-0.25, -0.2) is 4.39 Å². The van der Waals surface area contributed by atoms with Crippen molar-refractivity contribution in [3.63, 3.8) is 0 Å². The lowest BCUT2D eigenvalue weighted by Crippen LogP contribution is -1.78. The summed E-state index contributed by atoms with van der Waals surface area (Å²) in [6.45, 7) is 0. The highest BCUT2D eigenvalue weighted by molar-refractivity contribution is 5.70. The molecule has 23 heavy (non-hydrogen) atoms. The third kappa shape index (κ3) is 3.18. The zero-order valence-corrected chi connectivity index (χ0v) is 12.0. The van der Waals surface area contributed by atoms with Crippen LogP contribution in [0.1, 0.15) is 0 Å². The van der Waals surface area contributed by atoms with E-state index in [1.54, 1.807) is 12.1 Å². The molecule has 0 atom stereocenters. The molecule has 0 aliphatic rings. The maximum absolute atomic E-state index is 13.6. The van der Waals surface area contributed by atoms with E-state index in [0.29, 0.717) is 0 Å². The van der Waals surface area contributed by atoms with Gasteiger partial charge in [0.2, 0.25) is 0 Å². The molecule has 0 aromatic heterocycles. The van der Waals surface area contributed by atoms with Crippen molar-refractivity contribution < 1.29 is 14.6 Å². The van der Waals surface area contributed by atoms with Gasteiger partial charge in [-0.3, -0.25) is 0 Å². The fourth-order valence-electron chi connectivity index (χ4n) is 2.12. The Bertz CT molecular complexity index is 844. The van der Waals surface area contributed by atoms with Crippen LogP contribution in [0.3, 0.4) is 0 Å². The van der Waals surface area contributed by atoms with Gasteiger partial charge >= 0.3 is 0 Å². The number of halogens is 1. The first kappa shape index (κ1) is 14.7. The predicted octanol–water partition coefficient (Wildman–Crippen LogP) is 5.32. The van der Waals surface area contributed by atoms with Crippen LogP contribution in [-0.4, -0.2) is 10.2 Å². The van der Waals surface area contributed by atoms with Gasteiger partial charge in [-0.05, 0) is 35.4 Å². The highest BCUT2D eigenvalue weighted by Crippen LogP contribution is 2.35. The highest BCUT2D eigenvalue weighted by Gasteiger charge is 2.08. The van der Waals surface area contributed by atoms with Crippen molar-refractivity contribution >= 4 is 11.4 Å². The minimum absolute atomic E-state index is 0.0794. The molecular weight excluding hydrogens is 295 g/mol. The number of aromatic hydroxyl groups is 2. The van der Waals surface area contributed by atoms with Crippen LogP contribution in [0, 0.1) is 5.82 Å². The fourth-order valence-corrected chi connectivity index (χ4v) is 2.12. The summed E-state index contributed by atoms with van der Waals surface area (Å²) in [7, 11) is 0. The van der Waals surface area contributed by atoms with Gasteiger partial charge in [0.25, 0.3) is 0 Å². The van der Waals surface area contributed by atoms with Gasteiger partial charge < -0.3 is 10.2 Å².